The maximum atomic E-state index is 12.0. The molecule has 106 valence electrons. The van der Waals surface area contributed by atoms with E-state index in [1.165, 1.54) is 0 Å². The van der Waals surface area contributed by atoms with Crippen LogP contribution in [0.2, 0.25) is 0 Å². The number of benzene rings is 1. The third-order valence-corrected chi connectivity index (χ3v) is 3.88. The van der Waals surface area contributed by atoms with Crippen molar-refractivity contribution >= 4 is 33.2 Å². The van der Waals surface area contributed by atoms with Crippen molar-refractivity contribution in [1.82, 2.24) is 4.90 Å². The lowest BCUT2D eigenvalue weighted by Crippen LogP contribution is -2.37. The van der Waals surface area contributed by atoms with Crippen LogP contribution in [0, 0.1) is 0 Å². The maximum Gasteiger partial charge on any atom is 0.238 e. The highest BCUT2D eigenvalue weighted by molar-refractivity contribution is 9.10. The average Bonchev–Trinajstić information content (AvgIpc) is 2.34. The molecule has 0 unspecified atom stereocenters. The van der Waals surface area contributed by atoms with E-state index in [1.54, 1.807) is 18.2 Å². The first-order valence-corrected chi connectivity index (χ1v) is 7.32. The Morgan fingerprint density at radius 3 is 2.58 bits per heavy atom. The number of anilines is 2. The number of nitrogens with zero attached hydrogens (tertiary/aromatic N) is 1. The molecule has 1 aromatic carbocycles. The number of hydrogen-bond acceptors (Lipinski definition) is 3. The van der Waals surface area contributed by atoms with Crippen molar-refractivity contribution in [3.63, 3.8) is 0 Å². The summed E-state index contributed by atoms with van der Waals surface area (Å²) in [6, 6.07) is 5.79. The fourth-order valence-corrected chi connectivity index (χ4v) is 2.59. The number of halogens is 1. The van der Waals surface area contributed by atoms with Crippen LogP contribution in [-0.2, 0) is 4.79 Å². The molecule has 0 saturated heterocycles. The number of rotatable bonds is 6. The molecule has 0 aliphatic carbocycles. The molecular weight excluding hydrogens is 306 g/mol. The lowest BCUT2D eigenvalue weighted by atomic mass is 10.1. The molecule has 19 heavy (non-hydrogen) atoms. The van der Waals surface area contributed by atoms with E-state index in [1.807, 2.05) is 7.05 Å². The summed E-state index contributed by atoms with van der Waals surface area (Å²) >= 11 is 3.39. The van der Waals surface area contributed by atoms with E-state index in [9.17, 15) is 4.79 Å². The van der Waals surface area contributed by atoms with Crippen LogP contribution in [0.25, 0.3) is 0 Å². The van der Waals surface area contributed by atoms with Gasteiger partial charge in [0.05, 0.1) is 12.2 Å². The van der Waals surface area contributed by atoms with Crippen LogP contribution in [0.15, 0.2) is 22.7 Å². The molecule has 0 fully saturated rings. The van der Waals surface area contributed by atoms with Gasteiger partial charge in [0.1, 0.15) is 0 Å². The molecular formula is C14H22BrN3O. The summed E-state index contributed by atoms with van der Waals surface area (Å²) in [6.07, 6.45) is 2.09. The average molecular weight is 328 g/mol. The summed E-state index contributed by atoms with van der Waals surface area (Å²) in [4.78, 5) is 14.1. The van der Waals surface area contributed by atoms with Gasteiger partial charge in [-0.2, -0.15) is 0 Å². The first-order valence-electron chi connectivity index (χ1n) is 6.53. The van der Waals surface area contributed by atoms with E-state index in [4.69, 9.17) is 5.73 Å². The van der Waals surface area contributed by atoms with Gasteiger partial charge in [0.15, 0.2) is 0 Å². The normalized spacial score (nSPS) is 11.1. The maximum absolute atomic E-state index is 12.0. The second-order valence-electron chi connectivity index (χ2n) is 4.67. The van der Waals surface area contributed by atoms with Crippen LogP contribution < -0.4 is 11.1 Å². The minimum absolute atomic E-state index is 0.0140. The lowest BCUT2D eigenvalue weighted by Gasteiger charge is -2.25. The topological polar surface area (TPSA) is 58.4 Å². The van der Waals surface area contributed by atoms with Crippen molar-refractivity contribution < 1.29 is 4.79 Å². The van der Waals surface area contributed by atoms with Crippen LogP contribution in [0.1, 0.15) is 26.7 Å². The van der Waals surface area contributed by atoms with Crippen LogP contribution in [0.5, 0.6) is 0 Å². The Morgan fingerprint density at radius 2 is 2.05 bits per heavy atom. The highest BCUT2D eigenvalue weighted by Crippen LogP contribution is 2.24. The van der Waals surface area contributed by atoms with E-state index in [2.05, 4.69) is 40.0 Å². The number of amides is 1. The summed E-state index contributed by atoms with van der Waals surface area (Å²) in [7, 11) is 1.98. The Kier molecular flexibility index (Phi) is 6.31. The summed E-state index contributed by atoms with van der Waals surface area (Å²) < 4.78 is 0.797. The van der Waals surface area contributed by atoms with Crippen molar-refractivity contribution in [3.05, 3.63) is 22.7 Å². The molecule has 1 aromatic rings. The minimum Gasteiger partial charge on any atom is -0.399 e. The number of nitrogens with two attached hydrogens (primary N) is 1. The number of hydrogen-bond donors (Lipinski definition) is 2. The number of carbonyl (C=O) groups is 1. The molecule has 0 bridgehead atoms. The fourth-order valence-electron chi connectivity index (χ4n) is 2.09. The number of carbonyl (C=O) groups excluding carboxylic acids is 1. The first kappa shape index (κ1) is 16.0. The van der Waals surface area contributed by atoms with Crippen molar-refractivity contribution in [3.8, 4) is 0 Å². The molecule has 0 spiro atoms. The van der Waals surface area contributed by atoms with E-state index in [0.717, 1.165) is 23.0 Å². The lowest BCUT2D eigenvalue weighted by molar-refractivity contribution is -0.117. The van der Waals surface area contributed by atoms with E-state index >= 15 is 0 Å². The number of nitrogen functional groups attached to an aromatic ring is 1. The fraction of sp³-hybridized carbons (Fsp3) is 0.500. The van der Waals surface area contributed by atoms with Gasteiger partial charge in [-0.1, -0.05) is 13.8 Å². The highest BCUT2D eigenvalue weighted by atomic mass is 79.9. The van der Waals surface area contributed by atoms with Gasteiger partial charge >= 0.3 is 0 Å². The van der Waals surface area contributed by atoms with Gasteiger partial charge in [0.2, 0.25) is 5.91 Å². The van der Waals surface area contributed by atoms with E-state index < -0.39 is 0 Å². The predicted octanol–water partition coefficient (Wildman–Crippen LogP) is 3.09. The monoisotopic (exact) mass is 327 g/mol. The Hall–Kier alpha value is -1.07. The van der Waals surface area contributed by atoms with Crippen molar-refractivity contribution in [1.29, 1.82) is 0 Å². The molecule has 0 aliphatic rings. The zero-order valence-corrected chi connectivity index (χ0v) is 13.3. The first-order chi connectivity index (χ1) is 8.97. The molecule has 5 heteroatoms. The zero-order chi connectivity index (χ0) is 14.4. The number of nitrogens with one attached hydrogen (secondary N) is 1. The van der Waals surface area contributed by atoms with Gasteiger partial charge in [-0.3, -0.25) is 9.69 Å². The van der Waals surface area contributed by atoms with Gasteiger partial charge < -0.3 is 11.1 Å². The Bertz CT molecular complexity index is 433. The molecule has 0 atom stereocenters. The molecule has 1 rings (SSSR count). The van der Waals surface area contributed by atoms with Crippen LogP contribution >= 0.6 is 15.9 Å². The van der Waals surface area contributed by atoms with Gasteiger partial charge in [-0.05, 0) is 54.0 Å². The molecule has 0 saturated carbocycles. The highest BCUT2D eigenvalue weighted by Gasteiger charge is 2.14. The van der Waals surface area contributed by atoms with E-state index in [-0.39, 0.29) is 5.91 Å². The molecule has 0 radical (unpaired) electrons. The standard InChI is InChI=1S/C14H22BrN3O/c1-4-11(5-2)18(3)9-14(19)17-13-7-6-10(16)8-12(13)15/h6-8,11H,4-5,9,16H2,1-3H3,(H,17,19). The van der Waals surface area contributed by atoms with Gasteiger partial charge in [0, 0.05) is 16.2 Å². The Balaban J connectivity index is 2.60. The van der Waals surface area contributed by atoms with Crippen LogP contribution in [-0.4, -0.2) is 30.4 Å². The predicted molar refractivity (Wildman–Crippen MR) is 84.2 cm³/mol. The molecule has 1 amide bonds. The van der Waals surface area contributed by atoms with Crippen molar-refractivity contribution in [2.75, 3.05) is 24.6 Å². The van der Waals surface area contributed by atoms with Crippen LogP contribution in [0.3, 0.4) is 0 Å². The Labute approximate surface area is 123 Å². The van der Waals surface area contributed by atoms with Gasteiger partial charge in [0.25, 0.3) is 0 Å². The summed E-state index contributed by atoms with van der Waals surface area (Å²) in [5.41, 5.74) is 7.08. The quantitative estimate of drug-likeness (QED) is 0.789. The van der Waals surface area contributed by atoms with Crippen molar-refractivity contribution in [2.45, 2.75) is 32.7 Å². The summed E-state index contributed by atoms with van der Waals surface area (Å²) in [5, 5.41) is 2.89. The molecule has 0 aromatic heterocycles. The molecule has 0 aliphatic heterocycles. The van der Waals surface area contributed by atoms with Gasteiger partial charge in [-0.15, -0.1) is 0 Å². The second-order valence-corrected chi connectivity index (χ2v) is 5.53. The molecule has 4 nitrogen and oxygen atoms in total. The third kappa shape index (κ3) is 4.84. The largest absolute Gasteiger partial charge is 0.399 e. The second kappa shape index (κ2) is 7.50. The minimum atomic E-state index is -0.0140. The number of likely N-dealkylation sites (N-methyl/N-ethyl adjacent to an activating group) is 1. The summed E-state index contributed by atoms with van der Waals surface area (Å²) in [5.74, 6) is -0.0140. The molecule has 3 N–H and O–H groups in total. The van der Waals surface area contributed by atoms with E-state index in [0.29, 0.717) is 18.3 Å². The van der Waals surface area contributed by atoms with Gasteiger partial charge in [-0.25, -0.2) is 0 Å². The molecule has 0 heterocycles. The van der Waals surface area contributed by atoms with Crippen molar-refractivity contribution in [2.24, 2.45) is 0 Å². The smallest absolute Gasteiger partial charge is 0.238 e. The third-order valence-electron chi connectivity index (χ3n) is 3.23. The Morgan fingerprint density at radius 1 is 1.42 bits per heavy atom. The van der Waals surface area contributed by atoms with Crippen LogP contribution in [0.4, 0.5) is 11.4 Å². The summed E-state index contributed by atoms with van der Waals surface area (Å²) in [6.45, 7) is 4.67. The zero-order valence-electron chi connectivity index (χ0n) is 11.7. The SMILES string of the molecule is CCC(CC)N(C)CC(=O)Nc1ccc(N)cc1Br.